The molecule has 1 aromatic carbocycles. The van der Waals surface area contributed by atoms with Crippen molar-refractivity contribution in [3.05, 3.63) is 29.8 Å². The van der Waals surface area contributed by atoms with Gasteiger partial charge in [0.2, 0.25) is 5.91 Å². The van der Waals surface area contributed by atoms with Crippen molar-refractivity contribution < 1.29 is 23.9 Å². The predicted molar refractivity (Wildman–Crippen MR) is 135 cm³/mol. The molecule has 0 aromatic heterocycles. The van der Waals surface area contributed by atoms with E-state index in [9.17, 15) is 14.4 Å². The van der Waals surface area contributed by atoms with Gasteiger partial charge in [-0.1, -0.05) is 13.8 Å². The van der Waals surface area contributed by atoms with Gasteiger partial charge in [0.05, 0.1) is 6.54 Å². The van der Waals surface area contributed by atoms with Gasteiger partial charge in [0.15, 0.2) is 5.78 Å². The number of likely N-dealkylation sites (tertiary alicyclic amines) is 1. The lowest BCUT2D eigenvalue weighted by atomic mass is 10.0. The molecule has 1 N–H and O–H groups in total. The van der Waals surface area contributed by atoms with E-state index in [0.29, 0.717) is 12.0 Å². The molecule has 1 saturated carbocycles. The fraction of sp³-hybridized carbons (Fsp3) is 0.667. The number of nitrogens with one attached hydrogen (secondary N) is 1. The minimum atomic E-state index is -0.725. The summed E-state index contributed by atoms with van der Waals surface area (Å²) in [6.45, 7) is 8.46. The van der Waals surface area contributed by atoms with Crippen LogP contribution in [0.5, 0.6) is 0 Å². The Morgan fingerprint density at radius 2 is 1.81 bits per heavy atom. The molecule has 36 heavy (non-hydrogen) atoms. The number of hydrogen-bond donors (Lipinski definition) is 1. The van der Waals surface area contributed by atoms with E-state index in [0.717, 1.165) is 37.9 Å². The van der Waals surface area contributed by atoms with E-state index in [1.165, 1.54) is 12.8 Å². The number of ether oxygens (including phenoxy) is 2. The van der Waals surface area contributed by atoms with Crippen molar-refractivity contribution in [2.45, 2.75) is 63.4 Å². The first-order valence-electron chi connectivity index (χ1n) is 13.2. The third-order valence-corrected chi connectivity index (χ3v) is 7.91. The quantitative estimate of drug-likeness (QED) is 0.578. The van der Waals surface area contributed by atoms with Crippen molar-refractivity contribution in [2.75, 3.05) is 51.3 Å². The molecule has 4 aliphatic rings. The van der Waals surface area contributed by atoms with Crippen LogP contribution in [0.25, 0.3) is 0 Å². The van der Waals surface area contributed by atoms with E-state index >= 15 is 0 Å². The van der Waals surface area contributed by atoms with Gasteiger partial charge in [-0.05, 0) is 49.4 Å². The maximum absolute atomic E-state index is 13.6. The molecule has 5 rings (SSSR count). The SMILES string of the molecule is CO[C@@H]1CN(C(=O)C(CC(C)C)NC(=O)c2ccc(N3CCN(C4CC4)CC3)cc2)[C@@H]2C(=O)CO[C@@H]21. The second-order valence-corrected chi connectivity index (χ2v) is 10.9. The smallest absolute Gasteiger partial charge is 0.251 e. The fourth-order valence-corrected chi connectivity index (χ4v) is 5.79. The minimum Gasteiger partial charge on any atom is -0.377 e. The van der Waals surface area contributed by atoms with Crippen LogP contribution in [0.3, 0.4) is 0 Å². The van der Waals surface area contributed by atoms with E-state index in [1.807, 2.05) is 38.1 Å². The number of carbonyl (C=O) groups excluding carboxylic acids is 3. The zero-order valence-corrected chi connectivity index (χ0v) is 21.5. The highest BCUT2D eigenvalue weighted by molar-refractivity contribution is 5.99. The van der Waals surface area contributed by atoms with E-state index in [2.05, 4.69) is 15.1 Å². The molecule has 4 fully saturated rings. The van der Waals surface area contributed by atoms with Gasteiger partial charge in [-0.25, -0.2) is 0 Å². The molecule has 1 aromatic rings. The van der Waals surface area contributed by atoms with E-state index in [1.54, 1.807) is 12.0 Å². The van der Waals surface area contributed by atoms with Crippen LogP contribution in [0, 0.1) is 5.92 Å². The van der Waals surface area contributed by atoms with Crippen LogP contribution in [0.4, 0.5) is 5.69 Å². The zero-order valence-electron chi connectivity index (χ0n) is 21.5. The third kappa shape index (κ3) is 5.14. The molecular weight excluding hydrogens is 460 g/mol. The number of amides is 2. The van der Waals surface area contributed by atoms with Gasteiger partial charge in [-0.2, -0.15) is 0 Å². The Bertz CT molecular complexity index is 971. The Balaban J connectivity index is 1.23. The topological polar surface area (TPSA) is 91.4 Å². The number of benzene rings is 1. The molecule has 3 heterocycles. The first-order valence-corrected chi connectivity index (χ1v) is 13.2. The molecule has 3 aliphatic heterocycles. The molecule has 0 spiro atoms. The summed E-state index contributed by atoms with van der Waals surface area (Å²) in [6.07, 6.45) is 2.36. The summed E-state index contributed by atoms with van der Waals surface area (Å²) in [7, 11) is 1.56. The van der Waals surface area contributed by atoms with E-state index in [-0.39, 0.29) is 42.8 Å². The number of ketones is 1. The first kappa shape index (κ1) is 25.2. The van der Waals surface area contributed by atoms with Crippen molar-refractivity contribution >= 4 is 23.3 Å². The Morgan fingerprint density at radius 1 is 1.11 bits per heavy atom. The van der Waals surface area contributed by atoms with Gasteiger partial charge >= 0.3 is 0 Å². The summed E-state index contributed by atoms with van der Waals surface area (Å²) >= 11 is 0. The van der Waals surface area contributed by atoms with Crippen LogP contribution in [-0.2, 0) is 19.1 Å². The number of rotatable bonds is 8. The highest BCUT2D eigenvalue weighted by Gasteiger charge is 2.53. The van der Waals surface area contributed by atoms with Gasteiger partial charge in [0, 0.05) is 50.6 Å². The monoisotopic (exact) mass is 498 g/mol. The molecule has 0 bridgehead atoms. The number of methoxy groups -OCH3 is 1. The van der Waals surface area contributed by atoms with Crippen LogP contribution in [0.1, 0.15) is 43.5 Å². The fourth-order valence-electron chi connectivity index (χ4n) is 5.79. The lowest BCUT2D eigenvalue weighted by Gasteiger charge is -2.36. The number of Topliss-reactive ketones (excluding diaryl/α,β-unsaturated/α-hetero) is 1. The number of carbonyl (C=O) groups is 3. The summed E-state index contributed by atoms with van der Waals surface area (Å²) < 4.78 is 11.1. The van der Waals surface area contributed by atoms with Crippen LogP contribution in [-0.4, -0.2) is 104 Å². The average Bonchev–Trinajstić information content (AvgIpc) is 3.57. The lowest BCUT2D eigenvalue weighted by molar-refractivity contribution is -0.138. The minimum absolute atomic E-state index is 0.0117. The van der Waals surface area contributed by atoms with Gasteiger partial charge in [-0.3, -0.25) is 19.3 Å². The molecule has 0 radical (unpaired) electrons. The lowest BCUT2D eigenvalue weighted by Crippen LogP contribution is -2.52. The molecule has 196 valence electrons. The Hall–Kier alpha value is -2.49. The number of anilines is 1. The van der Waals surface area contributed by atoms with Crippen molar-refractivity contribution in [3.8, 4) is 0 Å². The maximum atomic E-state index is 13.6. The first-order chi connectivity index (χ1) is 17.4. The highest BCUT2D eigenvalue weighted by Crippen LogP contribution is 2.31. The van der Waals surface area contributed by atoms with Crippen molar-refractivity contribution in [1.29, 1.82) is 0 Å². The Labute approximate surface area is 213 Å². The van der Waals surface area contributed by atoms with Gasteiger partial charge < -0.3 is 24.6 Å². The van der Waals surface area contributed by atoms with Crippen LogP contribution >= 0.6 is 0 Å². The second-order valence-electron chi connectivity index (χ2n) is 10.9. The predicted octanol–water partition coefficient (Wildman–Crippen LogP) is 1.31. The molecule has 1 unspecified atom stereocenters. The zero-order chi connectivity index (χ0) is 25.4. The molecule has 3 saturated heterocycles. The summed E-state index contributed by atoms with van der Waals surface area (Å²) in [5.74, 6) is -0.470. The van der Waals surface area contributed by atoms with Crippen LogP contribution in [0.15, 0.2) is 24.3 Å². The third-order valence-electron chi connectivity index (χ3n) is 7.91. The largest absolute Gasteiger partial charge is 0.377 e. The molecule has 9 nitrogen and oxygen atoms in total. The summed E-state index contributed by atoms with van der Waals surface area (Å²) in [6, 6.07) is 7.07. The number of hydrogen-bond acceptors (Lipinski definition) is 7. The van der Waals surface area contributed by atoms with Gasteiger partial charge in [0.25, 0.3) is 5.91 Å². The maximum Gasteiger partial charge on any atom is 0.251 e. The van der Waals surface area contributed by atoms with Crippen molar-refractivity contribution in [1.82, 2.24) is 15.1 Å². The molecule has 2 amide bonds. The van der Waals surface area contributed by atoms with E-state index < -0.39 is 18.2 Å². The summed E-state index contributed by atoms with van der Waals surface area (Å²) in [5.41, 5.74) is 1.64. The second kappa shape index (κ2) is 10.5. The van der Waals surface area contributed by atoms with Crippen molar-refractivity contribution in [2.24, 2.45) is 5.92 Å². The van der Waals surface area contributed by atoms with Gasteiger partial charge in [0.1, 0.15) is 30.9 Å². The van der Waals surface area contributed by atoms with Crippen LogP contribution < -0.4 is 10.2 Å². The van der Waals surface area contributed by atoms with E-state index in [4.69, 9.17) is 9.47 Å². The molecule has 9 heteroatoms. The Morgan fingerprint density at radius 3 is 2.42 bits per heavy atom. The number of piperazine rings is 1. The molecule has 1 aliphatic carbocycles. The number of fused-ring (bicyclic) bond motifs is 1. The number of nitrogens with zero attached hydrogens (tertiary/aromatic N) is 3. The summed E-state index contributed by atoms with van der Waals surface area (Å²) in [5, 5.41) is 2.95. The van der Waals surface area contributed by atoms with Crippen molar-refractivity contribution in [3.63, 3.8) is 0 Å². The molecular formula is C27H38N4O5. The normalized spacial score (nSPS) is 27.4. The van der Waals surface area contributed by atoms with Crippen LogP contribution in [0.2, 0.25) is 0 Å². The average molecular weight is 499 g/mol. The summed E-state index contributed by atoms with van der Waals surface area (Å²) in [4.78, 5) is 45.7. The molecule has 4 atom stereocenters. The highest BCUT2D eigenvalue weighted by atomic mass is 16.5. The van der Waals surface area contributed by atoms with Gasteiger partial charge in [-0.15, -0.1) is 0 Å². The Kier molecular flexibility index (Phi) is 7.32. The standard InChI is InChI=1S/C27H38N4O5/c1-17(2)14-21(27(34)31-15-23(35-3)25-24(31)22(32)16-36-25)28-26(33)18-4-6-19(7-5-18)29-10-12-30(13-11-29)20-8-9-20/h4-7,17,20-21,23-25H,8-16H2,1-3H3,(H,28,33)/t21?,23-,24-,25-/m1/s1.